The number of allylic oxidation sites excluding steroid dienone is 1. The minimum absolute atomic E-state index is 0.0432. The minimum atomic E-state index is -0.703. The van der Waals surface area contributed by atoms with Crippen molar-refractivity contribution in [2.24, 2.45) is 11.3 Å². The number of aliphatic hydroxyl groups excluding tert-OH is 2. The second-order valence-corrected chi connectivity index (χ2v) is 6.03. The summed E-state index contributed by atoms with van der Waals surface area (Å²) in [6, 6.07) is 5.98. The first-order valence-electron chi connectivity index (χ1n) is 7.81. The zero-order valence-electron chi connectivity index (χ0n) is 12.8. The molecule has 6 nitrogen and oxygen atoms in total. The molecule has 122 valence electrons. The maximum absolute atomic E-state index is 12.2. The van der Waals surface area contributed by atoms with Crippen LogP contribution in [0.5, 0.6) is 0 Å². The van der Waals surface area contributed by atoms with E-state index in [-0.39, 0.29) is 25.0 Å². The summed E-state index contributed by atoms with van der Waals surface area (Å²) in [5, 5.41) is 29.1. The number of hydrogen-bond acceptors (Lipinski definition) is 4. The molecule has 0 aliphatic heterocycles. The zero-order chi connectivity index (χ0) is 16.3. The van der Waals surface area contributed by atoms with E-state index in [2.05, 4.69) is 15.5 Å². The summed E-state index contributed by atoms with van der Waals surface area (Å²) in [5.74, 6) is -0.0879. The molecule has 1 aliphatic carbocycles. The van der Waals surface area contributed by atoms with E-state index in [1.807, 2.05) is 30.4 Å². The van der Waals surface area contributed by atoms with Crippen molar-refractivity contribution >= 4 is 22.9 Å². The lowest BCUT2D eigenvalue weighted by atomic mass is 10.0. The van der Waals surface area contributed by atoms with Crippen LogP contribution in [0.25, 0.3) is 17.0 Å². The predicted octanol–water partition coefficient (Wildman–Crippen LogP) is 1.07. The summed E-state index contributed by atoms with van der Waals surface area (Å²) in [7, 11) is 0. The fourth-order valence-electron chi connectivity index (χ4n) is 2.85. The van der Waals surface area contributed by atoms with Crippen LogP contribution in [0.2, 0.25) is 0 Å². The van der Waals surface area contributed by atoms with Crippen molar-refractivity contribution in [3.05, 3.63) is 36.0 Å². The van der Waals surface area contributed by atoms with Crippen molar-refractivity contribution in [2.45, 2.75) is 12.8 Å². The van der Waals surface area contributed by atoms with Crippen LogP contribution in [-0.4, -0.2) is 46.1 Å². The highest BCUT2D eigenvalue weighted by Crippen LogP contribution is 2.53. The lowest BCUT2D eigenvalue weighted by Crippen LogP contribution is -2.36. The first-order chi connectivity index (χ1) is 11.2. The van der Waals surface area contributed by atoms with Crippen LogP contribution in [0.1, 0.15) is 18.4 Å². The van der Waals surface area contributed by atoms with Gasteiger partial charge in [-0.3, -0.25) is 9.89 Å². The largest absolute Gasteiger partial charge is 0.396 e. The molecule has 2 unspecified atom stereocenters. The Hall–Kier alpha value is -2.18. The number of aliphatic hydroxyl groups is 2. The van der Waals surface area contributed by atoms with Gasteiger partial charge in [0.2, 0.25) is 5.91 Å². The molecule has 6 heteroatoms. The van der Waals surface area contributed by atoms with Crippen LogP contribution >= 0.6 is 0 Å². The van der Waals surface area contributed by atoms with Gasteiger partial charge in [0, 0.05) is 18.5 Å². The third kappa shape index (κ3) is 3.13. The highest BCUT2D eigenvalue weighted by atomic mass is 16.3. The van der Waals surface area contributed by atoms with E-state index in [4.69, 9.17) is 5.11 Å². The second kappa shape index (κ2) is 6.52. The lowest BCUT2D eigenvalue weighted by Gasteiger charge is -2.13. The molecule has 1 saturated carbocycles. The van der Waals surface area contributed by atoms with Gasteiger partial charge in [-0.05, 0) is 36.5 Å². The molecule has 0 bridgehead atoms. The van der Waals surface area contributed by atoms with Gasteiger partial charge in [-0.1, -0.05) is 18.2 Å². The standard InChI is InChI=1S/C17H21N3O3/c21-7-1-6-18-16(23)17(11-22)9-14(17)4-2-12-3-5-15-13(8-12)10-19-20-15/h2-5,8,10,14,21-22H,1,6-7,9,11H2,(H,18,23)(H,19,20)/b4-2+. The van der Waals surface area contributed by atoms with Gasteiger partial charge in [0.25, 0.3) is 0 Å². The Morgan fingerprint density at radius 3 is 3.13 bits per heavy atom. The van der Waals surface area contributed by atoms with Crippen LogP contribution < -0.4 is 5.32 Å². The molecule has 2 aromatic rings. The Bertz CT molecular complexity index is 725. The molecule has 23 heavy (non-hydrogen) atoms. The number of amides is 1. The molecule has 2 atom stereocenters. The molecule has 1 amide bonds. The molecule has 1 aliphatic rings. The van der Waals surface area contributed by atoms with Crippen molar-refractivity contribution in [1.82, 2.24) is 15.5 Å². The van der Waals surface area contributed by atoms with E-state index in [1.165, 1.54) is 0 Å². The first kappa shape index (κ1) is 15.7. The van der Waals surface area contributed by atoms with E-state index in [1.54, 1.807) is 6.20 Å². The van der Waals surface area contributed by atoms with Gasteiger partial charge in [-0.2, -0.15) is 5.10 Å². The Morgan fingerprint density at radius 1 is 1.48 bits per heavy atom. The maximum atomic E-state index is 12.2. The maximum Gasteiger partial charge on any atom is 0.229 e. The van der Waals surface area contributed by atoms with E-state index in [9.17, 15) is 9.90 Å². The topological polar surface area (TPSA) is 98.2 Å². The predicted molar refractivity (Wildman–Crippen MR) is 87.5 cm³/mol. The molecular weight excluding hydrogens is 294 g/mol. The van der Waals surface area contributed by atoms with Crippen LogP contribution in [0.4, 0.5) is 0 Å². The van der Waals surface area contributed by atoms with Crippen molar-refractivity contribution < 1.29 is 15.0 Å². The molecule has 1 heterocycles. The van der Waals surface area contributed by atoms with E-state index in [0.717, 1.165) is 16.5 Å². The summed E-state index contributed by atoms with van der Waals surface area (Å²) >= 11 is 0. The molecule has 3 rings (SSSR count). The van der Waals surface area contributed by atoms with Crippen LogP contribution in [0.3, 0.4) is 0 Å². The fourth-order valence-corrected chi connectivity index (χ4v) is 2.85. The molecule has 1 aromatic heterocycles. The van der Waals surface area contributed by atoms with Crippen molar-refractivity contribution in [1.29, 1.82) is 0 Å². The van der Waals surface area contributed by atoms with Crippen molar-refractivity contribution in [3.8, 4) is 0 Å². The summed E-state index contributed by atoms with van der Waals surface area (Å²) in [5.41, 5.74) is 1.32. The molecule has 1 aromatic carbocycles. The number of aromatic amines is 1. The number of rotatable bonds is 7. The molecular formula is C17H21N3O3. The van der Waals surface area contributed by atoms with E-state index >= 15 is 0 Å². The Morgan fingerprint density at radius 2 is 2.35 bits per heavy atom. The van der Waals surface area contributed by atoms with Gasteiger partial charge < -0.3 is 15.5 Å². The summed E-state index contributed by atoms with van der Waals surface area (Å²) in [6.45, 7) is 0.324. The monoisotopic (exact) mass is 315 g/mol. The first-order valence-corrected chi connectivity index (χ1v) is 7.81. The van der Waals surface area contributed by atoms with Gasteiger partial charge in [-0.25, -0.2) is 0 Å². The number of nitrogens with zero attached hydrogens (tertiary/aromatic N) is 1. The Balaban J connectivity index is 1.64. The highest BCUT2D eigenvalue weighted by molar-refractivity contribution is 5.87. The fraction of sp³-hybridized carbons (Fsp3) is 0.412. The normalized spacial score (nSPS) is 23.5. The molecule has 4 N–H and O–H groups in total. The van der Waals surface area contributed by atoms with Crippen LogP contribution in [0, 0.1) is 11.3 Å². The number of H-pyrrole nitrogens is 1. The number of nitrogens with one attached hydrogen (secondary N) is 2. The highest BCUT2D eigenvalue weighted by Gasteiger charge is 2.58. The zero-order valence-corrected chi connectivity index (χ0v) is 12.8. The molecule has 1 fully saturated rings. The third-order valence-corrected chi connectivity index (χ3v) is 4.47. The van der Waals surface area contributed by atoms with Crippen LogP contribution in [-0.2, 0) is 4.79 Å². The van der Waals surface area contributed by atoms with E-state index in [0.29, 0.717) is 19.4 Å². The van der Waals surface area contributed by atoms with Gasteiger partial charge >= 0.3 is 0 Å². The second-order valence-electron chi connectivity index (χ2n) is 6.03. The summed E-state index contributed by atoms with van der Waals surface area (Å²) in [6.07, 6.45) is 6.92. The molecule has 0 spiro atoms. The SMILES string of the molecule is O=C(NCCCO)C1(CO)CC1/C=C/c1ccc2[nH]ncc2c1. The lowest BCUT2D eigenvalue weighted by molar-refractivity contribution is -0.128. The number of benzene rings is 1. The smallest absolute Gasteiger partial charge is 0.229 e. The summed E-state index contributed by atoms with van der Waals surface area (Å²) < 4.78 is 0. The number of carbonyl (C=O) groups excluding carboxylic acids is 1. The average Bonchev–Trinajstić information content (AvgIpc) is 3.11. The summed E-state index contributed by atoms with van der Waals surface area (Å²) in [4.78, 5) is 12.2. The Labute approximate surface area is 134 Å². The molecule has 0 radical (unpaired) electrons. The number of carbonyl (C=O) groups is 1. The molecule has 0 saturated heterocycles. The Kier molecular flexibility index (Phi) is 4.45. The average molecular weight is 315 g/mol. The van der Waals surface area contributed by atoms with Crippen LogP contribution in [0.15, 0.2) is 30.5 Å². The van der Waals surface area contributed by atoms with E-state index < -0.39 is 5.41 Å². The van der Waals surface area contributed by atoms with Gasteiger partial charge in [-0.15, -0.1) is 0 Å². The number of aromatic nitrogens is 2. The number of fused-ring (bicyclic) bond motifs is 1. The quantitative estimate of drug-likeness (QED) is 0.575. The van der Waals surface area contributed by atoms with Gasteiger partial charge in [0.05, 0.1) is 23.7 Å². The van der Waals surface area contributed by atoms with Crippen molar-refractivity contribution in [3.63, 3.8) is 0 Å². The van der Waals surface area contributed by atoms with Gasteiger partial charge in [0.15, 0.2) is 0 Å². The van der Waals surface area contributed by atoms with Crippen molar-refractivity contribution in [2.75, 3.05) is 19.8 Å². The minimum Gasteiger partial charge on any atom is -0.396 e. The third-order valence-electron chi connectivity index (χ3n) is 4.47. The van der Waals surface area contributed by atoms with Gasteiger partial charge in [0.1, 0.15) is 0 Å². The number of hydrogen-bond donors (Lipinski definition) is 4.